The predicted octanol–water partition coefficient (Wildman–Crippen LogP) is 2.90. The molecule has 2 aromatic rings. The highest BCUT2D eigenvalue weighted by Crippen LogP contribution is 2.40. The average Bonchev–Trinajstić information content (AvgIpc) is 2.85. The molecule has 1 atom stereocenters. The molecule has 1 aromatic heterocycles. The highest BCUT2D eigenvalue weighted by molar-refractivity contribution is 7.16. The van der Waals surface area contributed by atoms with E-state index in [9.17, 15) is 4.79 Å². The summed E-state index contributed by atoms with van der Waals surface area (Å²) in [5.41, 5.74) is 4.43. The number of carbonyl (C=O) groups is 1. The van der Waals surface area contributed by atoms with E-state index in [1.165, 1.54) is 16.0 Å². The lowest BCUT2D eigenvalue weighted by Gasteiger charge is -2.27. The summed E-state index contributed by atoms with van der Waals surface area (Å²) >= 11 is 1.73. The Morgan fingerprint density at radius 3 is 2.77 bits per heavy atom. The lowest BCUT2D eigenvalue weighted by Crippen LogP contribution is -2.38. The highest BCUT2D eigenvalue weighted by Gasteiger charge is 2.32. The van der Waals surface area contributed by atoms with Gasteiger partial charge < -0.3 is 15.5 Å². The fraction of sp³-hybridized carbons (Fsp3) is 0.353. The molecular weight excluding hydrogens is 294 g/mol. The quantitative estimate of drug-likeness (QED) is 0.851. The number of thiophene rings is 1. The molecule has 0 spiro atoms. The number of anilines is 1. The zero-order valence-electron chi connectivity index (χ0n) is 12.8. The number of benzene rings is 1. The Morgan fingerprint density at radius 1 is 1.23 bits per heavy atom. The molecule has 1 amide bonds. The molecule has 0 fully saturated rings. The van der Waals surface area contributed by atoms with E-state index in [0.717, 1.165) is 35.6 Å². The molecule has 5 heteroatoms. The Balaban J connectivity index is 1.69. The smallest absolute Gasteiger partial charge is 0.256 e. The van der Waals surface area contributed by atoms with E-state index in [1.807, 2.05) is 0 Å². The lowest BCUT2D eigenvalue weighted by atomic mass is 10.0. The van der Waals surface area contributed by atoms with E-state index in [0.29, 0.717) is 0 Å². The number of amides is 1. The summed E-state index contributed by atoms with van der Waals surface area (Å²) in [7, 11) is 2.13. The maximum absolute atomic E-state index is 12.6. The van der Waals surface area contributed by atoms with Crippen LogP contribution in [0.15, 0.2) is 24.3 Å². The molecule has 0 radical (unpaired) electrons. The van der Waals surface area contributed by atoms with Gasteiger partial charge in [0.15, 0.2) is 0 Å². The van der Waals surface area contributed by atoms with Crippen molar-refractivity contribution in [3.05, 3.63) is 51.4 Å². The second kappa shape index (κ2) is 5.11. The van der Waals surface area contributed by atoms with Gasteiger partial charge in [0.2, 0.25) is 0 Å². The van der Waals surface area contributed by atoms with E-state index in [-0.39, 0.29) is 12.1 Å². The summed E-state index contributed by atoms with van der Waals surface area (Å²) in [6.07, 6.45) is 0.820. The lowest BCUT2D eigenvalue weighted by molar-refractivity contribution is 0.0935. The third-order valence-corrected chi connectivity index (χ3v) is 5.58. The molecule has 0 aliphatic carbocycles. The SMILES string of the molecule is Cc1ccc(C2NC(=O)c3c(sc4c3CCN(C)C4)N2)cc1. The van der Waals surface area contributed by atoms with Gasteiger partial charge in [0, 0.05) is 18.0 Å². The molecule has 2 N–H and O–H groups in total. The topological polar surface area (TPSA) is 44.4 Å². The van der Waals surface area contributed by atoms with Gasteiger partial charge in [0.1, 0.15) is 11.2 Å². The molecule has 0 bridgehead atoms. The van der Waals surface area contributed by atoms with Gasteiger partial charge in [-0.05, 0) is 31.5 Å². The summed E-state index contributed by atoms with van der Waals surface area (Å²) in [5.74, 6) is 0.0568. The second-order valence-electron chi connectivity index (χ2n) is 6.16. The van der Waals surface area contributed by atoms with E-state index in [1.54, 1.807) is 11.3 Å². The number of carbonyl (C=O) groups excluding carboxylic acids is 1. The minimum absolute atomic E-state index is 0.0568. The highest BCUT2D eigenvalue weighted by atomic mass is 32.1. The molecule has 1 aromatic carbocycles. The van der Waals surface area contributed by atoms with Crippen molar-refractivity contribution in [1.82, 2.24) is 10.2 Å². The first-order valence-corrected chi connectivity index (χ1v) is 8.40. The second-order valence-corrected chi connectivity index (χ2v) is 7.26. The van der Waals surface area contributed by atoms with Crippen LogP contribution in [0.25, 0.3) is 0 Å². The van der Waals surface area contributed by atoms with Gasteiger partial charge in [-0.3, -0.25) is 4.79 Å². The predicted molar refractivity (Wildman–Crippen MR) is 89.4 cm³/mol. The van der Waals surface area contributed by atoms with E-state index in [2.05, 4.69) is 53.8 Å². The molecule has 2 aliphatic rings. The first-order chi connectivity index (χ1) is 10.6. The zero-order chi connectivity index (χ0) is 15.3. The Labute approximate surface area is 134 Å². The summed E-state index contributed by atoms with van der Waals surface area (Å²) in [6.45, 7) is 4.03. The van der Waals surface area contributed by atoms with Crippen molar-refractivity contribution in [3.63, 3.8) is 0 Å². The van der Waals surface area contributed by atoms with Crippen LogP contribution in [0.3, 0.4) is 0 Å². The number of likely N-dealkylation sites (N-methyl/N-ethyl adjacent to an activating group) is 1. The molecule has 0 saturated carbocycles. The number of hydrogen-bond donors (Lipinski definition) is 2. The van der Waals surface area contributed by atoms with Gasteiger partial charge >= 0.3 is 0 Å². The fourth-order valence-electron chi connectivity index (χ4n) is 3.17. The Bertz CT molecular complexity index is 735. The molecular formula is C17H19N3OS. The number of nitrogens with zero attached hydrogens (tertiary/aromatic N) is 1. The molecule has 0 saturated heterocycles. The minimum Gasteiger partial charge on any atom is -0.353 e. The summed E-state index contributed by atoms with van der Waals surface area (Å²) in [6, 6.07) is 8.29. The van der Waals surface area contributed by atoms with E-state index >= 15 is 0 Å². The third kappa shape index (κ3) is 2.21. The number of nitrogens with one attached hydrogen (secondary N) is 2. The van der Waals surface area contributed by atoms with Crippen molar-refractivity contribution in [2.24, 2.45) is 0 Å². The van der Waals surface area contributed by atoms with Crippen LogP contribution in [0.1, 0.15) is 38.1 Å². The van der Waals surface area contributed by atoms with Gasteiger partial charge in [-0.15, -0.1) is 11.3 Å². The monoisotopic (exact) mass is 313 g/mol. The molecule has 114 valence electrons. The largest absolute Gasteiger partial charge is 0.353 e. The number of rotatable bonds is 1. The van der Waals surface area contributed by atoms with Crippen LogP contribution >= 0.6 is 11.3 Å². The van der Waals surface area contributed by atoms with Crippen LogP contribution in [-0.2, 0) is 13.0 Å². The van der Waals surface area contributed by atoms with Gasteiger partial charge in [-0.25, -0.2) is 0 Å². The normalized spacial score (nSPS) is 20.8. The van der Waals surface area contributed by atoms with Gasteiger partial charge in [-0.2, -0.15) is 0 Å². The van der Waals surface area contributed by atoms with Crippen molar-refractivity contribution in [2.75, 3.05) is 18.9 Å². The van der Waals surface area contributed by atoms with Crippen LogP contribution < -0.4 is 10.6 Å². The number of fused-ring (bicyclic) bond motifs is 3. The van der Waals surface area contributed by atoms with Crippen molar-refractivity contribution in [2.45, 2.75) is 26.1 Å². The van der Waals surface area contributed by atoms with Crippen molar-refractivity contribution in [3.8, 4) is 0 Å². The van der Waals surface area contributed by atoms with Crippen molar-refractivity contribution in [1.29, 1.82) is 0 Å². The minimum atomic E-state index is -0.140. The zero-order valence-corrected chi connectivity index (χ0v) is 13.6. The Hall–Kier alpha value is -1.85. The molecule has 1 unspecified atom stereocenters. The summed E-state index contributed by atoms with van der Waals surface area (Å²) < 4.78 is 0. The maximum Gasteiger partial charge on any atom is 0.256 e. The van der Waals surface area contributed by atoms with Crippen LogP contribution in [0, 0.1) is 6.92 Å². The van der Waals surface area contributed by atoms with E-state index < -0.39 is 0 Å². The molecule has 4 rings (SSSR count). The van der Waals surface area contributed by atoms with E-state index in [4.69, 9.17) is 0 Å². The van der Waals surface area contributed by atoms with Crippen LogP contribution in [0.5, 0.6) is 0 Å². The van der Waals surface area contributed by atoms with Gasteiger partial charge in [0.25, 0.3) is 5.91 Å². The Morgan fingerprint density at radius 2 is 2.00 bits per heavy atom. The van der Waals surface area contributed by atoms with Crippen molar-refractivity contribution < 1.29 is 4.79 Å². The number of hydrogen-bond acceptors (Lipinski definition) is 4. The first-order valence-electron chi connectivity index (χ1n) is 7.59. The van der Waals surface area contributed by atoms with Crippen LogP contribution in [-0.4, -0.2) is 24.4 Å². The first kappa shape index (κ1) is 13.8. The van der Waals surface area contributed by atoms with Crippen molar-refractivity contribution >= 4 is 22.2 Å². The summed E-state index contributed by atoms with van der Waals surface area (Å²) in [4.78, 5) is 16.2. The molecule has 4 nitrogen and oxygen atoms in total. The summed E-state index contributed by atoms with van der Waals surface area (Å²) in [5, 5.41) is 7.62. The average molecular weight is 313 g/mol. The standard InChI is InChI=1S/C17H19N3OS/c1-10-3-5-11(6-4-10)15-18-16(21)14-12-7-8-20(2)9-13(12)22-17(14)19-15/h3-6,15,19H,7-9H2,1-2H3,(H,18,21). The maximum atomic E-state index is 12.6. The molecule has 2 aliphatic heterocycles. The third-order valence-electron chi connectivity index (χ3n) is 4.44. The molecule has 3 heterocycles. The molecule has 22 heavy (non-hydrogen) atoms. The fourth-order valence-corrected chi connectivity index (χ4v) is 4.52. The number of aryl methyl sites for hydroxylation is 1. The van der Waals surface area contributed by atoms with Gasteiger partial charge in [-0.1, -0.05) is 29.8 Å². The Kier molecular flexibility index (Phi) is 3.20. The van der Waals surface area contributed by atoms with Crippen LogP contribution in [0.4, 0.5) is 5.00 Å². The van der Waals surface area contributed by atoms with Gasteiger partial charge in [0.05, 0.1) is 5.56 Å². The van der Waals surface area contributed by atoms with Crippen LogP contribution in [0.2, 0.25) is 0 Å².